The molecule has 17 heavy (non-hydrogen) atoms. The molecule has 0 spiro atoms. The van der Waals surface area contributed by atoms with Gasteiger partial charge in [0.15, 0.2) is 0 Å². The van der Waals surface area contributed by atoms with E-state index in [0.717, 1.165) is 12.1 Å². The summed E-state index contributed by atoms with van der Waals surface area (Å²) in [5.74, 6) is -2.93. The molecule has 0 radical (unpaired) electrons. The molecule has 0 aliphatic carbocycles. The van der Waals surface area contributed by atoms with Crippen LogP contribution in [0.4, 0.5) is 10.1 Å². The van der Waals surface area contributed by atoms with Crippen molar-refractivity contribution < 1.29 is 19.2 Å². The summed E-state index contributed by atoms with van der Waals surface area (Å²) in [6, 6.07) is 3.03. The fourth-order valence-electron chi connectivity index (χ4n) is 1.61. The molecule has 92 valence electrons. The fourth-order valence-corrected chi connectivity index (χ4v) is 1.61. The van der Waals surface area contributed by atoms with Gasteiger partial charge in [0, 0.05) is 11.6 Å². The number of benzene rings is 1. The lowest BCUT2D eigenvalue weighted by atomic mass is 9.94. The average Bonchev–Trinajstić information content (AvgIpc) is 2.26. The summed E-state index contributed by atoms with van der Waals surface area (Å²) in [7, 11) is 0. The van der Waals surface area contributed by atoms with Crippen LogP contribution in [0.5, 0.6) is 0 Å². The first-order valence-electron chi connectivity index (χ1n) is 5.14. The van der Waals surface area contributed by atoms with Gasteiger partial charge in [-0.15, -0.1) is 0 Å². The summed E-state index contributed by atoms with van der Waals surface area (Å²) in [4.78, 5) is 20.7. The van der Waals surface area contributed by atoms with E-state index in [1.165, 1.54) is 6.07 Å². The van der Waals surface area contributed by atoms with Crippen molar-refractivity contribution in [3.05, 3.63) is 39.7 Å². The number of carboxylic acid groups (broad SMARTS) is 1. The predicted molar refractivity (Wildman–Crippen MR) is 58.3 cm³/mol. The van der Waals surface area contributed by atoms with Crippen molar-refractivity contribution >= 4 is 11.7 Å². The first-order chi connectivity index (χ1) is 7.97. The van der Waals surface area contributed by atoms with E-state index in [9.17, 15) is 19.3 Å². The Bertz CT molecular complexity index is 447. The van der Waals surface area contributed by atoms with Gasteiger partial charge in [-0.05, 0) is 12.5 Å². The van der Waals surface area contributed by atoms with Crippen LogP contribution in [0.3, 0.4) is 0 Å². The Hall–Kier alpha value is -1.98. The highest BCUT2D eigenvalue weighted by Gasteiger charge is 2.23. The topological polar surface area (TPSA) is 80.4 Å². The Morgan fingerprint density at radius 1 is 1.59 bits per heavy atom. The molecule has 1 atom stereocenters. The van der Waals surface area contributed by atoms with Crippen LogP contribution < -0.4 is 0 Å². The maximum Gasteiger partial charge on any atom is 0.311 e. The highest BCUT2D eigenvalue weighted by molar-refractivity contribution is 5.76. The van der Waals surface area contributed by atoms with E-state index >= 15 is 0 Å². The summed E-state index contributed by atoms with van der Waals surface area (Å²) in [6.07, 6.45) is 0.886. The molecule has 0 aromatic heterocycles. The lowest BCUT2D eigenvalue weighted by Gasteiger charge is -2.12. The summed E-state index contributed by atoms with van der Waals surface area (Å²) in [5, 5.41) is 19.4. The lowest BCUT2D eigenvalue weighted by molar-refractivity contribution is -0.385. The van der Waals surface area contributed by atoms with Gasteiger partial charge in [0.25, 0.3) is 5.69 Å². The Labute approximate surface area is 97.0 Å². The van der Waals surface area contributed by atoms with E-state index in [2.05, 4.69) is 0 Å². The standard InChI is InChI=1S/C11H12FNO4/c1-2-3-9(11(14)15)8-5-4-7(13(16)17)6-10(8)12/h4-6,9H,2-3H2,1H3,(H,14,15). The molecule has 0 saturated heterocycles. The zero-order valence-electron chi connectivity index (χ0n) is 9.22. The van der Waals surface area contributed by atoms with E-state index in [1.54, 1.807) is 6.92 Å². The molecule has 0 bridgehead atoms. The molecule has 0 aliphatic rings. The quantitative estimate of drug-likeness (QED) is 0.634. The SMILES string of the molecule is CCCC(C(=O)O)c1ccc([N+](=O)[O-])cc1F. The van der Waals surface area contributed by atoms with Gasteiger partial charge in [-0.25, -0.2) is 4.39 Å². The summed E-state index contributed by atoms with van der Waals surface area (Å²) >= 11 is 0. The molecular formula is C11H12FNO4. The Kier molecular flexibility index (Phi) is 4.14. The number of nitro benzene ring substituents is 1. The van der Waals surface area contributed by atoms with E-state index in [4.69, 9.17) is 5.11 Å². The van der Waals surface area contributed by atoms with Crippen LogP contribution in [-0.4, -0.2) is 16.0 Å². The number of carboxylic acids is 1. The maximum atomic E-state index is 13.6. The van der Waals surface area contributed by atoms with E-state index < -0.39 is 22.6 Å². The number of aliphatic carboxylic acids is 1. The molecule has 0 saturated carbocycles. The van der Waals surface area contributed by atoms with Gasteiger partial charge in [-0.2, -0.15) is 0 Å². The van der Waals surface area contributed by atoms with Crippen molar-refractivity contribution in [2.75, 3.05) is 0 Å². The number of halogens is 1. The fraction of sp³-hybridized carbons (Fsp3) is 0.364. The zero-order chi connectivity index (χ0) is 13.0. The lowest BCUT2D eigenvalue weighted by Crippen LogP contribution is -2.13. The van der Waals surface area contributed by atoms with E-state index in [0.29, 0.717) is 12.8 Å². The zero-order valence-corrected chi connectivity index (χ0v) is 9.22. The van der Waals surface area contributed by atoms with Crippen LogP contribution in [-0.2, 0) is 4.79 Å². The third-order valence-corrected chi connectivity index (χ3v) is 2.45. The highest BCUT2D eigenvalue weighted by Crippen LogP contribution is 2.27. The second kappa shape index (κ2) is 5.38. The molecule has 1 unspecified atom stereocenters. The smallest absolute Gasteiger partial charge is 0.311 e. The van der Waals surface area contributed by atoms with Crippen LogP contribution in [0, 0.1) is 15.9 Å². The molecule has 1 aromatic rings. The molecule has 1 N–H and O–H groups in total. The normalized spacial score (nSPS) is 12.1. The van der Waals surface area contributed by atoms with Crippen molar-refractivity contribution in [3.8, 4) is 0 Å². The summed E-state index contributed by atoms with van der Waals surface area (Å²) < 4.78 is 13.6. The van der Waals surface area contributed by atoms with Crippen LogP contribution in [0.15, 0.2) is 18.2 Å². The Morgan fingerprint density at radius 3 is 2.65 bits per heavy atom. The molecule has 1 aromatic carbocycles. The van der Waals surface area contributed by atoms with E-state index in [-0.39, 0.29) is 11.3 Å². The second-order valence-electron chi connectivity index (χ2n) is 3.64. The minimum atomic E-state index is -1.13. The number of carbonyl (C=O) groups is 1. The number of nitro groups is 1. The van der Waals surface area contributed by atoms with Crippen molar-refractivity contribution in [1.29, 1.82) is 0 Å². The Morgan fingerprint density at radius 2 is 2.24 bits per heavy atom. The minimum absolute atomic E-state index is 0.00931. The monoisotopic (exact) mass is 241 g/mol. The van der Waals surface area contributed by atoms with Gasteiger partial charge in [-0.3, -0.25) is 14.9 Å². The number of rotatable bonds is 5. The first-order valence-corrected chi connectivity index (χ1v) is 5.14. The first kappa shape index (κ1) is 13.1. The van der Waals surface area contributed by atoms with Gasteiger partial charge >= 0.3 is 5.97 Å². The molecule has 5 nitrogen and oxygen atoms in total. The third-order valence-electron chi connectivity index (χ3n) is 2.45. The molecule has 6 heteroatoms. The number of non-ortho nitro benzene ring substituents is 1. The van der Waals surface area contributed by atoms with Crippen molar-refractivity contribution in [3.63, 3.8) is 0 Å². The summed E-state index contributed by atoms with van der Waals surface area (Å²) in [6.45, 7) is 1.79. The van der Waals surface area contributed by atoms with Gasteiger partial charge in [0.05, 0.1) is 16.9 Å². The number of hydrogen-bond donors (Lipinski definition) is 1. The molecular weight excluding hydrogens is 229 g/mol. The molecule has 0 heterocycles. The number of hydrogen-bond acceptors (Lipinski definition) is 3. The Balaban J connectivity index is 3.12. The minimum Gasteiger partial charge on any atom is -0.481 e. The van der Waals surface area contributed by atoms with Crippen molar-refractivity contribution in [1.82, 2.24) is 0 Å². The highest BCUT2D eigenvalue weighted by atomic mass is 19.1. The summed E-state index contributed by atoms with van der Waals surface area (Å²) in [5.41, 5.74) is -0.392. The predicted octanol–water partition coefficient (Wildman–Crippen LogP) is 2.70. The van der Waals surface area contributed by atoms with E-state index in [1.807, 2.05) is 0 Å². The third kappa shape index (κ3) is 2.99. The molecule has 0 amide bonds. The van der Waals surface area contributed by atoms with Gasteiger partial charge < -0.3 is 5.11 Å². The largest absolute Gasteiger partial charge is 0.481 e. The molecule has 0 aliphatic heterocycles. The van der Waals surface area contributed by atoms with Crippen LogP contribution in [0.1, 0.15) is 31.2 Å². The maximum absolute atomic E-state index is 13.6. The van der Waals surface area contributed by atoms with Crippen LogP contribution in [0.2, 0.25) is 0 Å². The van der Waals surface area contributed by atoms with Gasteiger partial charge in [0.2, 0.25) is 0 Å². The second-order valence-corrected chi connectivity index (χ2v) is 3.64. The number of nitrogens with zero attached hydrogens (tertiary/aromatic N) is 1. The molecule has 1 rings (SSSR count). The van der Waals surface area contributed by atoms with Gasteiger partial charge in [0.1, 0.15) is 5.82 Å². The van der Waals surface area contributed by atoms with Crippen molar-refractivity contribution in [2.24, 2.45) is 0 Å². The van der Waals surface area contributed by atoms with Gasteiger partial charge in [-0.1, -0.05) is 13.3 Å². The molecule has 0 fully saturated rings. The van der Waals surface area contributed by atoms with Crippen molar-refractivity contribution in [2.45, 2.75) is 25.7 Å². The van der Waals surface area contributed by atoms with Crippen LogP contribution >= 0.6 is 0 Å². The van der Waals surface area contributed by atoms with Crippen LogP contribution in [0.25, 0.3) is 0 Å². The average molecular weight is 241 g/mol.